The van der Waals surface area contributed by atoms with Gasteiger partial charge in [0.2, 0.25) is 0 Å². The zero-order valence-corrected chi connectivity index (χ0v) is 14.2. The first kappa shape index (κ1) is 16.4. The summed E-state index contributed by atoms with van der Waals surface area (Å²) in [7, 11) is -3.86. The molecule has 0 saturated carbocycles. The first-order valence-electron chi connectivity index (χ1n) is 5.81. The van der Waals surface area contributed by atoms with E-state index in [9.17, 15) is 8.42 Å². The molecule has 0 saturated heterocycles. The third-order valence-electron chi connectivity index (χ3n) is 2.78. The average Bonchev–Trinajstić information content (AvgIpc) is 2.37. The summed E-state index contributed by atoms with van der Waals surface area (Å²) >= 11 is 17.7. The number of pyridine rings is 1. The van der Waals surface area contributed by atoms with Crippen LogP contribution in [0.1, 0.15) is 11.1 Å². The van der Waals surface area contributed by atoms with Crippen LogP contribution in [-0.4, -0.2) is 13.4 Å². The van der Waals surface area contributed by atoms with E-state index in [1.165, 1.54) is 18.3 Å². The van der Waals surface area contributed by atoms with Crippen LogP contribution in [0.5, 0.6) is 0 Å². The van der Waals surface area contributed by atoms with Gasteiger partial charge in [0.15, 0.2) is 0 Å². The molecule has 0 amide bonds. The van der Waals surface area contributed by atoms with Crippen molar-refractivity contribution in [2.75, 3.05) is 4.72 Å². The number of nitrogens with one attached hydrogen (secondary N) is 1. The molecule has 2 aromatic rings. The van der Waals surface area contributed by atoms with Crippen molar-refractivity contribution in [2.24, 2.45) is 0 Å². The Morgan fingerprint density at radius 1 is 1.00 bits per heavy atom. The largest absolute Gasteiger partial charge is 0.264 e. The van der Waals surface area contributed by atoms with Gasteiger partial charge < -0.3 is 0 Å². The molecule has 4 nitrogen and oxygen atoms in total. The van der Waals surface area contributed by atoms with Crippen molar-refractivity contribution in [2.45, 2.75) is 18.7 Å². The molecule has 0 aliphatic carbocycles. The maximum Gasteiger partial charge on any atom is 0.264 e. The number of rotatable bonds is 3. The maximum absolute atomic E-state index is 12.4. The number of benzene rings is 1. The Hall–Kier alpha value is -1.01. The second-order valence-electron chi connectivity index (χ2n) is 4.46. The van der Waals surface area contributed by atoms with Gasteiger partial charge in [0.05, 0.1) is 10.0 Å². The smallest absolute Gasteiger partial charge is 0.263 e. The highest BCUT2D eigenvalue weighted by molar-refractivity contribution is 7.92. The molecular weight excluding hydrogens is 355 g/mol. The van der Waals surface area contributed by atoms with Gasteiger partial charge in [-0.05, 0) is 43.2 Å². The van der Waals surface area contributed by atoms with Crippen LogP contribution in [0.25, 0.3) is 0 Å². The van der Waals surface area contributed by atoms with E-state index in [-0.39, 0.29) is 15.7 Å². The van der Waals surface area contributed by atoms with Crippen molar-refractivity contribution in [1.82, 2.24) is 4.98 Å². The molecule has 1 aromatic heterocycles. The zero-order chi connectivity index (χ0) is 15.8. The molecule has 1 aromatic carbocycles. The molecule has 2 rings (SSSR count). The fraction of sp³-hybridized carbons (Fsp3) is 0.154. The highest BCUT2D eigenvalue weighted by Gasteiger charge is 2.20. The summed E-state index contributed by atoms with van der Waals surface area (Å²) in [4.78, 5) is 3.91. The monoisotopic (exact) mass is 364 g/mol. The first-order chi connectivity index (χ1) is 9.70. The van der Waals surface area contributed by atoms with E-state index < -0.39 is 10.0 Å². The molecule has 0 radical (unpaired) electrons. The number of halogens is 3. The van der Waals surface area contributed by atoms with Crippen LogP contribution in [0.4, 0.5) is 5.82 Å². The Balaban J connectivity index is 2.46. The summed E-state index contributed by atoms with van der Waals surface area (Å²) in [6.07, 6.45) is 1.36. The molecule has 0 spiro atoms. The Morgan fingerprint density at radius 3 is 2.29 bits per heavy atom. The van der Waals surface area contributed by atoms with Gasteiger partial charge in [-0.3, -0.25) is 4.72 Å². The van der Waals surface area contributed by atoms with Gasteiger partial charge in [-0.15, -0.1) is 0 Å². The maximum atomic E-state index is 12.4. The minimum atomic E-state index is -3.86. The van der Waals surface area contributed by atoms with E-state index in [1.807, 2.05) is 0 Å². The van der Waals surface area contributed by atoms with Gasteiger partial charge >= 0.3 is 0 Å². The Labute approximate surface area is 138 Å². The molecule has 0 aliphatic rings. The van der Waals surface area contributed by atoms with E-state index in [0.29, 0.717) is 21.2 Å². The number of anilines is 1. The van der Waals surface area contributed by atoms with Crippen molar-refractivity contribution in [3.63, 3.8) is 0 Å². The number of nitrogens with zero attached hydrogens (tertiary/aromatic N) is 1. The summed E-state index contributed by atoms with van der Waals surface area (Å²) in [5.41, 5.74) is 1.22. The van der Waals surface area contributed by atoms with E-state index in [0.717, 1.165) is 0 Å². The van der Waals surface area contributed by atoms with Crippen LogP contribution in [-0.2, 0) is 10.0 Å². The van der Waals surface area contributed by atoms with Crippen LogP contribution in [0, 0.1) is 13.8 Å². The lowest BCUT2D eigenvalue weighted by Crippen LogP contribution is -2.15. The minimum absolute atomic E-state index is 0.0460. The fourth-order valence-corrected chi connectivity index (χ4v) is 3.79. The molecule has 1 N–H and O–H groups in total. The third-order valence-corrected chi connectivity index (χ3v) is 5.20. The highest BCUT2D eigenvalue weighted by Crippen LogP contribution is 2.29. The van der Waals surface area contributed by atoms with Gasteiger partial charge in [0, 0.05) is 11.2 Å². The number of aryl methyl sites for hydroxylation is 2. The van der Waals surface area contributed by atoms with E-state index >= 15 is 0 Å². The van der Waals surface area contributed by atoms with Crippen molar-refractivity contribution in [3.05, 3.63) is 50.6 Å². The van der Waals surface area contributed by atoms with Crippen molar-refractivity contribution >= 4 is 50.6 Å². The molecule has 8 heteroatoms. The van der Waals surface area contributed by atoms with Gasteiger partial charge in [0.1, 0.15) is 10.7 Å². The predicted molar refractivity (Wildman–Crippen MR) is 86.0 cm³/mol. The number of aromatic nitrogens is 1. The highest BCUT2D eigenvalue weighted by atomic mass is 35.5. The summed E-state index contributed by atoms with van der Waals surface area (Å²) in [5.74, 6) is 0.197. The van der Waals surface area contributed by atoms with Crippen molar-refractivity contribution in [1.29, 1.82) is 0 Å². The minimum Gasteiger partial charge on any atom is -0.263 e. The lowest BCUT2D eigenvalue weighted by atomic mass is 10.2. The summed E-state index contributed by atoms with van der Waals surface area (Å²) in [6.45, 7) is 3.40. The third kappa shape index (κ3) is 3.61. The lowest BCUT2D eigenvalue weighted by Gasteiger charge is -2.12. The van der Waals surface area contributed by atoms with Crippen LogP contribution < -0.4 is 4.72 Å². The summed E-state index contributed by atoms with van der Waals surface area (Å²) in [6, 6.07) is 4.43. The zero-order valence-electron chi connectivity index (χ0n) is 11.1. The molecule has 0 unspecified atom stereocenters. The Kier molecular flexibility index (Phi) is 4.68. The van der Waals surface area contributed by atoms with Gasteiger partial charge in [-0.1, -0.05) is 34.8 Å². The summed E-state index contributed by atoms with van der Waals surface area (Å²) < 4.78 is 27.2. The predicted octanol–water partition coefficient (Wildman–Crippen LogP) is 4.46. The molecule has 0 atom stereocenters. The van der Waals surface area contributed by atoms with Gasteiger partial charge in [-0.2, -0.15) is 0 Å². The van der Waals surface area contributed by atoms with Crippen LogP contribution >= 0.6 is 34.8 Å². The van der Waals surface area contributed by atoms with Gasteiger partial charge in [0.25, 0.3) is 10.0 Å². The fourth-order valence-electron chi connectivity index (χ4n) is 1.67. The molecule has 112 valence electrons. The van der Waals surface area contributed by atoms with Crippen LogP contribution in [0.3, 0.4) is 0 Å². The molecule has 21 heavy (non-hydrogen) atoms. The van der Waals surface area contributed by atoms with Crippen molar-refractivity contribution < 1.29 is 8.42 Å². The second-order valence-corrected chi connectivity index (χ2v) is 7.36. The van der Waals surface area contributed by atoms with Crippen LogP contribution in [0.2, 0.25) is 15.1 Å². The van der Waals surface area contributed by atoms with Gasteiger partial charge in [-0.25, -0.2) is 13.4 Å². The van der Waals surface area contributed by atoms with Crippen molar-refractivity contribution in [3.8, 4) is 0 Å². The second kappa shape index (κ2) is 6.01. The van der Waals surface area contributed by atoms with E-state index in [2.05, 4.69) is 9.71 Å². The Bertz CT molecular complexity index is 807. The molecule has 0 aliphatic heterocycles. The number of sulfonamides is 1. The number of hydrogen-bond donors (Lipinski definition) is 1. The number of hydrogen-bond acceptors (Lipinski definition) is 3. The molecule has 0 fully saturated rings. The Morgan fingerprint density at radius 2 is 1.67 bits per heavy atom. The van der Waals surface area contributed by atoms with E-state index in [1.54, 1.807) is 19.9 Å². The van der Waals surface area contributed by atoms with Crippen LogP contribution in [0.15, 0.2) is 29.3 Å². The van der Waals surface area contributed by atoms with E-state index in [4.69, 9.17) is 34.8 Å². The molecule has 1 heterocycles. The average molecular weight is 366 g/mol. The topological polar surface area (TPSA) is 59.1 Å². The standard InChI is InChI=1S/C13H11Cl3N2O2S/c1-7-4-12(11(16)5-10(7)15)21(19,20)18-13-8(2)3-9(14)6-17-13/h3-6H,1-2H3,(H,17,18). The molecular formula is C13H11Cl3N2O2S. The normalized spacial score (nSPS) is 11.5. The SMILES string of the molecule is Cc1cc(S(=O)(=O)Nc2ncc(Cl)cc2C)c(Cl)cc1Cl. The quantitative estimate of drug-likeness (QED) is 0.873. The lowest BCUT2D eigenvalue weighted by molar-refractivity contribution is 0.601. The summed E-state index contributed by atoms with van der Waals surface area (Å²) in [5, 5.41) is 0.875. The first-order valence-corrected chi connectivity index (χ1v) is 8.43. The molecule has 0 bridgehead atoms.